The van der Waals surface area contributed by atoms with Crippen molar-refractivity contribution in [3.05, 3.63) is 46.0 Å². The van der Waals surface area contributed by atoms with Gasteiger partial charge in [0.05, 0.1) is 4.92 Å². The van der Waals surface area contributed by atoms with E-state index in [4.69, 9.17) is 0 Å². The number of allylic oxidation sites excluding steroid dienone is 1. The molecule has 1 aromatic carbocycles. The molecule has 0 aromatic heterocycles. The molecule has 0 aliphatic rings. The molecule has 0 bridgehead atoms. The Labute approximate surface area is 111 Å². The number of nitro groups is 1. The lowest BCUT2D eigenvalue weighted by molar-refractivity contribution is -0.384. The molecule has 6 nitrogen and oxygen atoms in total. The molecule has 0 aliphatic heterocycles. The average Bonchev–Trinajstić information content (AvgIpc) is 2.34. The SMILES string of the molecule is CC(C)=CC(=O)NCCNc1ccc([N+](=O)[O-])cc1. The van der Waals surface area contributed by atoms with Gasteiger partial charge in [0.1, 0.15) is 0 Å². The number of nitro benzene ring substituents is 1. The molecule has 0 radical (unpaired) electrons. The summed E-state index contributed by atoms with van der Waals surface area (Å²) in [6, 6.07) is 6.14. The number of amides is 1. The molecule has 0 fully saturated rings. The predicted octanol–water partition coefficient (Wildman–Crippen LogP) is 2.09. The van der Waals surface area contributed by atoms with Crippen LogP contribution in [-0.4, -0.2) is 23.9 Å². The summed E-state index contributed by atoms with van der Waals surface area (Å²) in [5.41, 5.74) is 1.78. The van der Waals surface area contributed by atoms with Gasteiger partial charge in [0.2, 0.25) is 5.91 Å². The van der Waals surface area contributed by atoms with Crippen molar-refractivity contribution < 1.29 is 9.72 Å². The second kappa shape index (κ2) is 7.15. The minimum Gasteiger partial charge on any atom is -0.383 e. The molecular weight excluding hydrogens is 246 g/mol. The molecule has 0 spiro atoms. The van der Waals surface area contributed by atoms with E-state index in [0.717, 1.165) is 11.3 Å². The molecule has 0 aliphatic carbocycles. The quantitative estimate of drug-likeness (QED) is 0.356. The van der Waals surface area contributed by atoms with E-state index < -0.39 is 4.92 Å². The zero-order valence-corrected chi connectivity index (χ0v) is 11.0. The molecule has 1 aromatic rings. The highest BCUT2D eigenvalue weighted by molar-refractivity contribution is 5.88. The number of hydrogen-bond donors (Lipinski definition) is 2. The minimum atomic E-state index is -0.441. The molecule has 1 rings (SSSR count). The zero-order chi connectivity index (χ0) is 14.3. The van der Waals surface area contributed by atoms with Crippen molar-refractivity contribution in [1.29, 1.82) is 0 Å². The Morgan fingerprint density at radius 2 is 1.89 bits per heavy atom. The standard InChI is InChI=1S/C13H17N3O3/c1-10(2)9-13(17)15-8-7-14-11-3-5-12(6-4-11)16(18)19/h3-6,9,14H,7-8H2,1-2H3,(H,15,17). The first kappa shape index (κ1) is 14.7. The Bertz CT molecular complexity index is 476. The summed E-state index contributed by atoms with van der Waals surface area (Å²) in [4.78, 5) is 21.3. The fraction of sp³-hybridized carbons (Fsp3) is 0.308. The third kappa shape index (κ3) is 5.67. The Kier molecular flexibility index (Phi) is 5.53. The Morgan fingerprint density at radius 1 is 1.26 bits per heavy atom. The number of rotatable bonds is 6. The molecule has 102 valence electrons. The lowest BCUT2D eigenvalue weighted by Crippen LogP contribution is -2.27. The van der Waals surface area contributed by atoms with Gasteiger partial charge in [-0.15, -0.1) is 0 Å². The van der Waals surface area contributed by atoms with Crippen molar-refractivity contribution in [2.24, 2.45) is 0 Å². The van der Waals surface area contributed by atoms with E-state index >= 15 is 0 Å². The first-order chi connectivity index (χ1) is 8.99. The molecule has 0 saturated carbocycles. The van der Waals surface area contributed by atoms with Gasteiger partial charge >= 0.3 is 0 Å². The van der Waals surface area contributed by atoms with Crippen LogP contribution in [0.15, 0.2) is 35.9 Å². The number of nitrogens with one attached hydrogen (secondary N) is 2. The number of non-ortho nitro benzene ring substituents is 1. The van der Waals surface area contributed by atoms with Crippen LogP contribution in [0.4, 0.5) is 11.4 Å². The molecule has 0 saturated heterocycles. The van der Waals surface area contributed by atoms with Crippen molar-refractivity contribution in [2.75, 3.05) is 18.4 Å². The van der Waals surface area contributed by atoms with Crippen molar-refractivity contribution in [1.82, 2.24) is 5.32 Å². The van der Waals surface area contributed by atoms with Gasteiger partial charge in [-0.1, -0.05) is 5.57 Å². The van der Waals surface area contributed by atoms with E-state index in [9.17, 15) is 14.9 Å². The molecule has 6 heteroatoms. The number of hydrogen-bond acceptors (Lipinski definition) is 4. The van der Waals surface area contributed by atoms with Crippen LogP contribution >= 0.6 is 0 Å². The summed E-state index contributed by atoms with van der Waals surface area (Å²) < 4.78 is 0. The minimum absolute atomic E-state index is 0.0578. The normalized spacial score (nSPS) is 9.58. The van der Waals surface area contributed by atoms with Crippen molar-refractivity contribution in [3.63, 3.8) is 0 Å². The molecule has 1 amide bonds. The van der Waals surface area contributed by atoms with Crippen LogP contribution in [0.3, 0.4) is 0 Å². The highest BCUT2D eigenvalue weighted by atomic mass is 16.6. The maximum atomic E-state index is 11.3. The number of benzene rings is 1. The first-order valence-corrected chi connectivity index (χ1v) is 5.90. The highest BCUT2D eigenvalue weighted by Gasteiger charge is 2.03. The van der Waals surface area contributed by atoms with Crippen molar-refractivity contribution in [2.45, 2.75) is 13.8 Å². The third-order valence-electron chi connectivity index (χ3n) is 2.25. The maximum Gasteiger partial charge on any atom is 0.269 e. The number of carbonyl (C=O) groups excluding carboxylic acids is 1. The Morgan fingerprint density at radius 3 is 2.42 bits per heavy atom. The first-order valence-electron chi connectivity index (χ1n) is 5.90. The van der Waals surface area contributed by atoms with Gasteiger partial charge < -0.3 is 10.6 Å². The number of carbonyl (C=O) groups is 1. The largest absolute Gasteiger partial charge is 0.383 e. The van der Waals surface area contributed by atoms with Crippen LogP contribution in [0, 0.1) is 10.1 Å². The van der Waals surface area contributed by atoms with Crippen LogP contribution in [0.25, 0.3) is 0 Å². The molecule has 2 N–H and O–H groups in total. The second-order valence-electron chi connectivity index (χ2n) is 4.24. The van der Waals surface area contributed by atoms with Crippen LogP contribution in [0.2, 0.25) is 0 Å². The molecule has 0 unspecified atom stereocenters. The summed E-state index contributed by atoms with van der Waals surface area (Å²) in [5.74, 6) is -0.120. The van der Waals surface area contributed by atoms with Gasteiger partial charge in [0.25, 0.3) is 5.69 Å². The van der Waals surface area contributed by atoms with Crippen molar-refractivity contribution >= 4 is 17.3 Å². The molecule has 19 heavy (non-hydrogen) atoms. The van der Waals surface area contributed by atoms with Gasteiger partial charge in [0.15, 0.2) is 0 Å². The smallest absolute Gasteiger partial charge is 0.269 e. The van der Waals surface area contributed by atoms with E-state index in [0.29, 0.717) is 13.1 Å². The van der Waals surface area contributed by atoms with Gasteiger partial charge in [-0.3, -0.25) is 14.9 Å². The fourth-order valence-electron chi connectivity index (χ4n) is 1.41. The van der Waals surface area contributed by atoms with Crippen LogP contribution in [0.1, 0.15) is 13.8 Å². The third-order valence-corrected chi connectivity index (χ3v) is 2.25. The fourth-order valence-corrected chi connectivity index (χ4v) is 1.41. The van der Waals surface area contributed by atoms with E-state index in [1.54, 1.807) is 12.1 Å². The summed E-state index contributed by atoms with van der Waals surface area (Å²) in [6.07, 6.45) is 1.53. The molecule has 0 heterocycles. The predicted molar refractivity (Wildman–Crippen MR) is 74.0 cm³/mol. The van der Waals surface area contributed by atoms with Crippen molar-refractivity contribution in [3.8, 4) is 0 Å². The summed E-state index contributed by atoms with van der Waals surface area (Å²) >= 11 is 0. The Balaban J connectivity index is 2.32. The Hall–Kier alpha value is -2.37. The number of nitrogens with zero attached hydrogens (tertiary/aromatic N) is 1. The van der Waals surface area contributed by atoms with Gasteiger partial charge in [-0.2, -0.15) is 0 Å². The second-order valence-corrected chi connectivity index (χ2v) is 4.24. The van der Waals surface area contributed by atoms with Gasteiger partial charge in [0, 0.05) is 37.0 Å². The summed E-state index contributed by atoms with van der Waals surface area (Å²) in [6.45, 7) is 4.75. The highest BCUT2D eigenvalue weighted by Crippen LogP contribution is 2.14. The van der Waals surface area contributed by atoms with E-state index in [1.165, 1.54) is 18.2 Å². The van der Waals surface area contributed by atoms with Gasteiger partial charge in [-0.05, 0) is 26.0 Å². The van der Waals surface area contributed by atoms with Crippen LogP contribution in [-0.2, 0) is 4.79 Å². The monoisotopic (exact) mass is 263 g/mol. The summed E-state index contributed by atoms with van der Waals surface area (Å²) in [7, 11) is 0. The van der Waals surface area contributed by atoms with Crippen LogP contribution < -0.4 is 10.6 Å². The van der Waals surface area contributed by atoms with Gasteiger partial charge in [-0.25, -0.2) is 0 Å². The lowest BCUT2D eigenvalue weighted by atomic mass is 10.3. The van der Waals surface area contributed by atoms with E-state index in [-0.39, 0.29) is 11.6 Å². The number of anilines is 1. The lowest BCUT2D eigenvalue weighted by Gasteiger charge is -2.06. The molecular formula is C13H17N3O3. The summed E-state index contributed by atoms with van der Waals surface area (Å²) in [5, 5.41) is 16.3. The zero-order valence-electron chi connectivity index (χ0n) is 11.0. The average molecular weight is 263 g/mol. The van der Waals surface area contributed by atoms with E-state index in [2.05, 4.69) is 10.6 Å². The topological polar surface area (TPSA) is 84.3 Å². The van der Waals surface area contributed by atoms with E-state index in [1.807, 2.05) is 13.8 Å². The maximum absolute atomic E-state index is 11.3. The molecule has 0 atom stereocenters. The van der Waals surface area contributed by atoms with Crippen LogP contribution in [0.5, 0.6) is 0 Å².